The summed E-state index contributed by atoms with van der Waals surface area (Å²) >= 11 is 9.24. The van der Waals surface area contributed by atoms with Crippen molar-refractivity contribution in [3.63, 3.8) is 0 Å². The fraction of sp³-hybridized carbons (Fsp3) is 0.143. The van der Waals surface area contributed by atoms with Crippen molar-refractivity contribution >= 4 is 27.5 Å². The highest BCUT2D eigenvalue weighted by molar-refractivity contribution is 9.08. The van der Waals surface area contributed by atoms with Crippen LogP contribution in [0.5, 0.6) is 5.75 Å². The van der Waals surface area contributed by atoms with Gasteiger partial charge in [-0.05, 0) is 41.0 Å². The SMILES string of the molecule is FC(F)(F)Oc1cccc(-c2ccc(Cl)cc2CBr)c1. The number of hydrogen-bond donors (Lipinski definition) is 0. The molecule has 0 heterocycles. The summed E-state index contributed by atoms with van der Waals surface area (Å²) in [6, 6.07) is 11.1. The van der Waals surface area contributed by atoms with Crippen LogP contribution in [-0.4, -0.2) is 6.36 Å². The van der Waals surface area contributed by atoms with Crippen molar-refractivity contribution in [2.75, 3.05) is 0 Å². The molecule has 0 atom stereocenters. The van der Waals surface area contributed by atoms with Crippen LogP contribution in [0.15, 0.2) is 42.5 Å². The molecule has 2 rings (SSSR count). The zero-order valence-electron chi connectivity index (χ0n) is 10.0. The van der Waals surface area contributed by atoms with Gasteiger partial charge in [-0.15, -0.1) is 13.2 Å². The Bertz CT molecular complexity index is 614. The van der Waals surface area contributed by atoms with Crippen molar-refractivity contribution in [1.82, 2.24) is 0 Å². The van der Waals surface area contributed by atoms with Crippen LogP contribution in [-0.2, 0) is 5.33 Å². The van der Waals surface area contributed by atoms with E-state index in [1.165, 1.54) is 18.2 Å². The van der Waals surface area contributed by atoms with E-state index in [9.17, 15) is 13.2 Å². The van der Waals surface area contributed by atoms with E-state index < -0.39 is 6.36 Å². The number of halogens is 5. The van der Waals surface area contributed by atoms with Gasteiger partial charge in [-0.3, -0.25) is 0 Å². The van der Waals surface area contributed by atoms with E-state index in [-0.39, 0.29) is 5.75 Å². The lowest BCUT2D eigenvalue weighted by Crippen LogP contribution is -2.17. The highest BCUT2D eigenvalue weighted by Gasteiger charge is 2.31. The van der Waals surface area contributed by atoms with Crippen molar-refractivity contribution in [2.24, 2.45) is 0 Å². The molecule has 0 spiro atoms. The molecule has 0 amide bonds. The normalized spacial score (nSPS) is 11.4. The van der Waals surface area contributed by atoms with Gasteiger partial charge in [0.05, 0.1) is 0 Å². The maximum atomic E-state index is 12.2. The number of hydrogen-bond acceptors (Lipinski definition) is 1. The van der Waals surface area contributed by atoms with Crippen molar-refractivity contribution < 1.29 is 17.9 Å². The van der Waals surface area contributed by atoms with Gasteiger partial charge in [0.25, 0.3) is 0 Å². The summed E-state index contributed by atoms with van der Waals surface area (Å²) in [6.07, 6.45) is -4.70. The summed E-state index contributed by atoms with van der Waals surface area (Å²) in [5.41, 5.74) is 2.33. The molecule has 20 heavy (non-hydrogen) atoms. The molecule has 0 aromatic heterocycles. The molecule has 6 heteroatoms. The van der Waals surface area contributed by atoms with Gasteiger partial charge in [0.15, 0.2) is 0 Å². The average molecular weight is 366 g/mol. The van der Waals surface area contributed by atoms with Gasteiger partial charge >= 0.3 is 6.36 Å². The Labute approximate surface area is 127 Å². The highest BCUT2D eigenvalue weighted by Crippen LogP contribution is 2.32. The molecule has 0 fully saturated rings. The zero-order chi connectivity index (χ0) is 14.8. The lowest BCUT2D eigenvalue weighted by molar-refractivity contribution is -0.274. The number of ether oxygens (including phenoxy) is 1. The molecule has 0 aliphatic rings. The molecular formula is C14H9BrClF3O. The first kappa shape index (κ1) is 15.2. The van der Waals surface area contributed by atoms with Crippen LogP contribution in [0.4, 0.5) is 13.2 Å². The van der Waals surface area contributed by atoms with E-state index in [1.54, 1.807) is 24.3 Å². The van der Waals surface area contributed by atoms with Gasteiger partial charge in [0, 0.05) is 10.4 Å². The topological polar surface area (TPSA) is 9.23 Å². The van der Waals surface area contributed by atoms with Crippen molar-refractivity contribution in [1.29, 1.82) is 0 Å². The summed E-state index contributed by atoms with van der Waals surface area (Å²) in [6.45, 7) is 0. The predicted molar refractivity (Wildman–Crippen MR) is 76.2 cm³/mol. The van der Waals surface area contributed by atoms with Gasteiger partial charge in [0.2, 0.25) is 0 Å². The summed E-state index contributed by atoms with van der Waals surface area (Å²) in [4.78, 5) is 0. The van der Waals surface area contributed by atoms with Gasteiger partial charge < -0.3 is 4.74 Å². The summed E-state index contributed by atoms with van der Waals surface area (Å²) < 4.78 is 40.6. The van der Waals surface area contributed by atoms with Crippen LogP contribution in [0.3, 0.4) is 0 Å². The third-order valence-electron chi connectivity index (χ3n) is 2.59. The molecule has 0 saturated heterocycles. The van der Waals surface area contributed by atoms with Crippen LogP contribution in [0.25, 0.3) is 11.1 Å². The fourth-order valence-corrected chi connectivity index (χ4v) is 2.47. The first-order valence-corrected chi connectivity index (χ1v) is 7.09. The van der Waals surface area contributed by atoms with Crippen molar-refractivity contribution in [3.8, 4) is 16.9 Å². The standard InChI is InChI=1S/C14H9BrClF3O/c15-8-10-6-11(16)4-5-13(10)9-2-1-3-12(7-9)20-14(17,18)19/h1-7H,8H2. The number of rotatable bonds is 3. The zero-order valence-corrected chi connectivity index (χ0v) is 12.4. The Morgan fingerprint density at radius 2 is 1.85 bits per heavy atom. The van der Waals surface area contributed by atoms with E-state index in [0.717, 1.165) is 11.1 Å². The van der Waals surface area contributed by atoms with E-state index in [0.29, 0.717) is 15.9 Å². The second-order valence-electron chi connectivity index (χ2n) is 4.01. The smallest absolute Gasteiger partial charge is 0.406 e. The summed E-state index contributed by atoms with van der Waals surface area (Å²) in [5, 5.41) is 1.12. The maximum absolute atomic E-state index is 12.2. The van der Waals surface area contributed by atoms with Crippen LogP contribution >= 0.6 is 27.5 Å². The van der Waals surface area contributed by atoms with Crippen molar-refractivity contribution in [2.45, 2.75) is 11.7 Å². The first-order chi connectivity index (χ1) is 9.39. The van der Waals surface area contributed by atoms with Crippen molar-refractivity contribution in [3.05, 3.63) is 53.1 Å². The molecule has 106 valence electrons. The Hall–Kier alpha value is -1.20. The Balaban J connectivity index is 2.41. The van der Waals surface area contributed by atoms with Crippen LogP contribution in [0.1, 0.15) is 5.56 Å². The molecule has 0 aliphatic heterocycles. The fourth-order valence-electron chi connectivity index (χ4n) is 1.82. The minimum absolute atomic E-state index is 0.245. The largest absolute Gasteiger partial charge is 0.573 e. The van der Waals surface area contributed by atoms with Gasteiger partial charge in [-0.25, -0.2) is 0 Å². The Morgan fingerprint density at radius 3 is 2.50 bits per heavy atom. The van der Waals surface area contributed by atoms with E-state index in [2.05, 4.69) is 20.7 Å². The molecule has 0 saturated carbocycles. The second-order valence-corrected chi connectivity index (χ2v) is 5.01. The minimum Gasteiger partial charge on any atom is -0.406 e. The lowest BCUT2D eigenvalue weighted by atomic mass is 10.0. The van der Waals surface area contributed by atoms with Gasteiger partial charge in [-0.2, -0.15) is 0 Å². The first-order valence-electron chi connectivity index (χ1n) is 5.59. The maximum Gasteiger partial charge on any atom is 0.573 e. The average Bonchev–Trinajstić information content (AvgIpc) is 2.36. The third-order valence-corrected chi connectivity index (χ3v) is 3.43. The van der Waals surface area contributed by atoms with Crippen LogP contribution in [0.2, 0.25) is 5.02 Å². The van der Waals surface area contributed by atoms with E-state index in [4.69, 9.17) is 11.6 Å². The third kappa shape index (κ3) is 3.90. The molecule has 2 aromatic rings. The molecule has 1 nitrogen and oxygen atoms in total. The number of benzene rings is 2. The molecule has 0 N–H and O–H groups in total. The molecule has 2 aromatic carbocycles. The monoisotopic (exact) mass is 364 g/mol. The molecular weight excluding hydrogens is 357 g/mol. The molecule has 0 unspecified atom stereocenters. The van der Waals surface area contributed by atoms with E-state index in [1.807, 2.05) is 0 Å². The summed E-state index contributed by atoms with van der Waals surface area (Å²) in [5.74, 6) is -0.245. The lowest BCUT2D eigenvalue weighted by Gasteiger charge is -2.12. The highest BCUT2D eigenvalue weighted by atomic mass is 79.9. The van der Waals surface area contributed by atoms with Gasteiger partial charge in [0.1, 0.15) is 5.75 Å². The Kier molecular flexibility index (Phi) is 4.60. The molecule has 0 bridgehead atoms. The van der Waals surface area contributed by atoms with Crippen LogP contribution < -0.4 is 4.74 Å². The molecule has 0 radical (unpaired) electrons. The predicted octanol–water partition coefficient (Wildman–Crippen LogP) is 5.80. The quantitative estimate of drug-likeness (QED) is 0.625. The minimum atomic E-state index is -4.70. The second kappa shape index (κ2) is 6.06. The van der Waals surface area contributed by atoms with Gasteiger partial charge in [-0.1, -0.05) is 45.7 Å². The van der Waals surface area contributed by atoms with Crippen LogP contribution in [0, 0.1) is 0 Å². The number of alkyl halides is 4. The van der Waals surface area contributed by atoms with E-state index >= 15 is 0 Å². The summed E-state index contributed by atoms with van der Waals surface area (Å²) in [7, 11) is 0. The Morgan fingerprint density at radius 1 is 1.10 bits per heavy atom. The molecule has 0 aliphatic carbocycles.